The maximum absolute atomic E-state index is 4.45. The Hall–Kier alpha value is -0.260. The SMILES string of the molecule is C=C(C)C1(C)CCC(C(C)(CC)C(CCCC)CC(C)CC)C(CC)C1CC. The van der Waals surface area contributed by atoms with E-state index in [2.05, 4.69) is 68.9 Å². The topological polar surface area (TPSA) is 0 Å². The molecule has 0 heteroatoms. The molecular weight excluding hydrogens is 336 g/mol. The van der Waals surface area contributed by atoms with Crippen LogP contribution in [0.1, 0.15) is 127 Å². The molecule has 0 aromatic rings. The highest BCUT2D eigenvalue weighted by Gasteiger charge is 2.51. The normalized spacial score (nSPS) is 32.5. The first-order valence-corrected chi connectivity index (χ1v) is 12.8. The van der Waals surface area contributed by atoms with Gasteiger partial charge in [-0.3, -0.25) is 0 Å². The van der Waals surface area contributed by atoms with Crippen molar-refractivity contribution in [1.82, 2.24) is 0 Å². The highest BCUT2D eigenvalue weighted by Crippen LogP contribution is 2.60. The smallest absolute Gasteiger partial charge is 0.00908 e. The lowest BCUT2D eigenvalue weighted by atomic mass is 9.48. The van der Waals surface area contributed by atoms with E-state index in [-0.39, 0.29) is 0 Å². The molecule has 0 saturated heterocycles. The molecule has 0 bridgehead atoms. The van der Waals surface area contributed by atoms with Crippen LogP contribution in [0, 0.1) is 40.4 Å². The van der Waals surface area contributed by atoms with Crippen molar-refractivity contribution >= 4 is 0 Å². The van der Waals surface area contributed by atoms with Crippen molar-refractivity contribution in [2.75, 3.05) is 0 Å². The molecule has 0 aliphatic heterocycles. The van der Waals surface area contributed by atoms with Crippen LogP contribution in [-0.2, 0) is 0 Å². The quantitative estimate of drug-likeness (QED) is 0.291. The van der Waals surface area contributed by atoms with E-state index in [9.17, 15) is 0 Å². The van der Waals surface area contributed by atoms with E-state index in [1.54, 1.807) is 0 Å². The Morgan fingerprint density at radius 2 is 1.79 bits per heavy atom. The van der Waals surface area contributed by atoms with Gasteiger partial charge in [-0.15, -0.1) is 0 Å². The van der Waals surface area contributed by atoms with E-state index >= 15 is 0 Å². The number of allylic oxidation sites excluding steroid dienone is 1. The Balaban J connectivity index is 3.29. The van der Waals surface area contributed by atoms with Crippen LogP contribution < -0.4 is 0 Å². The van der Waals surface area contributed by atoms with E-state index in [1.165, 1.54) is 69.8 Å². The van der Waals surface area contributed by atoms with Crippen LogP contribution in [0.3, 0.4) is 0 Å². The van der Waals surface area contributed by atoms with Crippen molar-refractivity contribution in [2.24, 2.45) is 40.4 Å². The van der Waals surface area contributed by atoms with E-state index < -0.39 is 0 Å². The molecule has 0 heterocycles. The summed E-state index contributed by atoms with van der Waals surface area (Å²) in [6.45, 7) is 26.6. The van der Waals surface area contributed by atoms with Gasteiger partial charge in [0.15, 0.2) is 0 Å². The molecule has 0 radical (unpaired) electrons. The second-order valence-electron chi connectivity index (χ2n) is 10.9. The minimum atomic E-state index is 0.343. The summed E-state index contributed by atoms with van der Waals surface area (Å²) in [5.41, 5.74) is 2.26. The summed E-state index contributed by atoms with van der Waals surface area (Å²) in [6.07, 6.45) is 13.7. The summed E-state index contributed by atoms with van der Waals surface area (Å²) >= 11 is 0. The molecule has 0 aromatic heterocycles. The molecule has 0 N–H and O–H groups in total. The zero-order valence-corrected chi connectivity index (χ0v) is 21.2. The first kappa shape index (κ1) is 25.8. The van der Waals surface area contributed by atoms with E-state index in [1.807, 2.05) is 0 Å². The molecular formula is C28H54. The molecule has 0 aromatic carbocycles. The molecule has 1 fully saturated rings. The third-order valence-corrected chi connectivity index (χ3v) is 9.54. The van der Waals surface area contributed by atoms with Crippen LogP contribution in [0.15, 0.2) is 12.2 Å². The summed E-state index contributed by atoms with van der Waals surface area (Å²) in [4.78, 5) is 0. The minimum Gasteiger partial charge on any atom is -0.0996 e. The van der Waals surface area contributed by atoms with Gasteiger partial charge in [0, 0.05) is 0 Å². The fourth-order valence-electron chi connectivity index (χ4n) is 6.95. The molecule has 166 valence electrons. The van der Waals surface area contributed by atoms with Gasteiger partial charge in [0.25, 0.3) is 0 Å². The maximum atomic E-state index is 4.45. The third kappa shape index (κ3) is 5.26. The Morgan fingerprint density at radius 1 is 1.14 bits per heavy atom. The summed E-state index contributed by atoms with van der Waals surface area (Å²) in [5.74, 6) is 4.28. The average molecular weight is 391 g/mol. The molecule has 0 nitrogen and oxygen atoms in total. The summed E-state index contributed by atoms with van der Waals surface area (Å²) in [7, 11) is 0. The zero-order chi connectivity index (χ0) is 21.5. The molecule has 28 heavy (non-hydrogen) atoms. The number of unbranched alkanes of at least 4 members (excludes halogenated alkanes) is 1. The van der Waals surface area contributed by atoms with Crippen molar-refractivity contribution < 1.29 is 0 Å². The van der Waals surface area contributed by atoms with Crippen LogP contribution in [0.2, 0.25) is 0 Å². The lowest BCUT2D eigenvalue weighted by molar-refractivity contribution is -0.0607. The van der Waals surface area contributed by atoms with Crippen LogP contribution in [0.4, 0.5) is 0 Å². The molecule has 0 amide bonds. The molecule has 1 aliphatic carbocycles. The number of hydrogen-bond donors (Lipinski definition) is 0. The molecule has 1 rings (SSSR count). The summed E-state index contributed by atoms with van der Waals surface area (Å²) in [5, 5.41) is 0. The predicted octanol–water partition coefficient (Wildman–Crippen LogP) is 9.69. The Kier molecular flexibility index (Phi) is 10.3. The van der Waals surface area contributed by atoms with Crippen LogP contribution >= 0.6 is 0 Å². The van der Waals surface area contributed by atoms with E-state index in [0.717, 1.165) is 29.6 Å². The average Bonchev–Trinajstić information content (AvgIpc) is 2.69. The van der Waals surface area contributed by atoms with Gasteiger partial charge in [-0.25, -0.2) is 0 Å². The van der Waals surface area contributed by atoms with Crippen molar-refractivity contribution in [3.05, 3.63) is 12.2 Å². The summed E-state index contributed by atoms with van der Waals surface area (Å²) in [6, 6.07) is 0. The standard InChI is InChI=1S/C28H54/c1-11-16-17-23(20-22(8)12-2)27(9,15-5)26-18-19-28(10,21(6)7)25(14-4)24(26)13-3/h22-26H,6,11-20H2,1-5,7-10H3. The maximum Gasteiger partial charge on any atom is -0.00908 e. The highest BCUT2D eigenvalue weighted by atomic mass is 14.6. The molecule has 0 spiro atoms. The summed E-state index contributed by atoms with van der Waals surface area (Å²) < 4.78 is 0. The van der Waals surface area contributed by atoms with E-state index in [0.29, 0.717) is 10.8 Å². The Labute approximate surface area is 179 Å². The van der Waals surface area contributed by atoms with Gasteiger partial charge >= 0.3 is 0 Å². The third-order valence-electron chi connectivity index (χ3n) is 9.54. The second kappa shape index (κ2) is 11.2. The monoisotopic (exact) mass is 390 g/mol. The Bertz CT molecular complexity index is 463. The second-order valence-corrected chi connectivity index (χ2v) is 10.9. The van der Waals surface area contributed by atoms with Crippen molar-refractivity contribution in [3.63, 3.8) is 0 Å². The van der Waals surface area contributed by atoms with Crippen molar-refractivity contribution in [3.8, 4) is 0 Å². The number of rotatable bonds is 12. The lowest BCUT2D eigenvalue weighted by Crippen LogP contribution is -2.49. The molecule has 7 unspecified atom stereocenters. The first-order chi connectivity index (χ1) is 13.2. The fraction of sp³-hybridized carbons (Fsp3) is 0.929. The largest absolute Gasteiger partial charge is 0.0996 e. The Morgan fingerprint density at radius 3 is 2.21 bits per heavy atom. The van der Waals surface area contributed by atoms with Crippen molar-refractivity contribution in [1.29, 1.82) is 0 Å². The molecule has 1 aliphatic rings. The predicted molar refractivity (Wildman–Crippen MR) is 129 cm³/mol. The molecule has 1 saturated carbocycles. The van der Waals surface area contributed by atoms with Gasteiger partial charge in [-0.2, -0.15) is 0 Å². The van der Waals surface area contributed by atoms with Gasteiger partial charge in [-0.05, 0) is 73.0 Å². The van der Waals surface area contributed by atoms with Gasteiger partial charge in [0.2, 0.25) is 0 Å². The zero-order valence-electron chi connectivity index (χ0n) is 21.2. The fourth-order valence-corrected chi connectivity index (χ4v) is 6.95. The van der Waals surface area contributed by atoms with E-state index in [4.69, 9.17) is 0 Å². The van der Waals surface area contributed by atoms with Crippen LogP contribution in [-0.4, -0.2) is 0 Å². The molecule has 7 atom stereocenters. The number of hydrogen-bond acceptors (Lipinski definition) is 0. The first-order valence-electron chi connectivity index (χ1n) is 12.8. The highest BCUT2D eigenvalue weighted by molar-refractivity contribution is 5.13. The minimum absolute atomic E-state index is 0.343. The van der Waals surface area contributed by atoms with Gasteiger partial charge < -0.3 is 0 Å². The van der Waals surface area contributed by atoms with Gasteiger partial charge in [0.1, 0.15) is 0 Å². The van der Waals surface area contributed by atoms with Crippen molar-refractivity contribution in [2.45, 2.75) is 127 Å². The lowest BCUT2D eigenvalue weighted by Gasteiger charge is -2.57. The van der Waals surface area contributed by atoms with Gasteiger partial charge in [0.05, 0.1) is 0 Å². The van der Waals surface area contributed by atoms with Gasteiger partial charge in [-0.1, -0.05) is 106 Å². The van der Waals surface area contributed by atoms with Crippen LogP contribution in [0.5, 0.6) is 0 Å². The van der Waals surface area contributed by atoms with Crippen LogP contribution in [0.25, 0.3) is 0 Å².